The molecule has 2 heterocycles. The first-order chi connectivity index (χ1) is 8.61. The smallest absolute Gasteiger partial charge is 0.224 e. The Kier molecular flexibility index (Phi) is 2.30. The SMILES string of the molecule is COc1nc2ccccc2c2c1C=CC(C)(C)O2. The van der Waals surface area contributed by atoms with Gasteiger partial charge in [-0.3, -0.25) is 0 Å². The Morgan fingerprint density at radius 3 is 2.78 bits per heavy atom. The number of aromatic nitrogens is 1. The van der Waals surface area contributed by atoms with Crippen molar-refractivity contribution in [2.24, 2.45) is 0 Å². The Morgan fingerprint density at radius 1 is 1.22 bits per heavy atom. The van der Waals surface area contributed by atoms with E-state index in [9.17, 15) is 0 Å². The monoisotopic (exact) mass is 241 g/mol. The molecule has 0 saturated carbocycles. The summed E-state index contributed by atoms with van der Waals surface area (Å²) in [6.07, 6.45) is 4.05. The zero-order chi connectivity index (χ0) is 12.8. The lowest BCUT2D eigenvalue weighted by Crippen LogP contribution is -2.27. The molecule has 0 N–H and O–H groups in total. The molecule has 0 aliphatic carbocycles. The number of rotatable bonds is 1. The Bertz CT molecular complexity index is 644. The molecule has 0 spiro atoms. The van der Waals surface area contributed by atoms with Crippen molar-refractivity contribution in [1.82, 2.24) is 4.98 Å². The highest BCUT2D eigenvalue weighted by Crippen LogP contribution is 2.40. The summed E-state index contributed by atoms with van der Waals surface area (Å²) >= 11 is 0. The third kappa shape index (κ3) is 1.63. The summed E-state index contributed by atoms with van der Waals surface area (Å²) in [6.45, 7) is 4.07. The summed E-state index contributed by atoms with van der Waals surface area (Å²) < 4.78 is 11.4. The van der Waals surface area contributed by atoms with Crippen LogP contribution in [0.2, 0.25) is 0 Å². The van der Waals surface area contributed by atoms with E-state index >= 15 is 0 Å². The van der Waals surface area contributed by atoms with Crippen molar-refractivity contribution >= 4 is 17.0 Å². The molecular weight excluding hydrogens is 226 g/mol. The Morgan fingerprint density at radius 2 is 2.00 bits per heavy atom. The number of hydrogen-bond donors (Lipinski definition) is 0. The molecule has 1 aliphatic rings. The van der Waals surface area contributed by atoms with Crippen molar-refractivity contribution in [3.63, 3.8) is 0 Å². The van der Waals surface area contributed by atoms with Gasteiger partial charge in [0.25, 0.3) is 0 Å². The van der Waals surface area contributed by atoms with Gasteiger partial charge in [-0.1, -0.05) is 12.1 Å². The van der Waals surface area contributed by atoms with Gasteiger partial charge >= 0.3 is 0 Å². The van der Waals surface area contributed by atoms with Crippen molar-refractivity contribution in [3.8, 4) is 11.6 Å². The van der Waals surface area contributed by atoms with Crippen molar-refractivity contribution in [3.05, 3.63) is 35.9 Å². The van der Waals surface area contributed by atoms with Gasteiger partial charge in [-0.15, -0.1) is 0 Å². The van der Waals surface area contributed by atoms with Gasteiger partial charge in [0.2, 0.25) is 5.88 Å². The van der Waals surface area contributed by atoms with Crippen LogP contribution in [0, 0.1) is 0 Å². The van der Waals surface area contributed by atoms with Crippen LogP contribution in [0.5, 0.6) is 11.6 Å². The molecule has 92 valence electrons. The van der Waals surface area contributed by atoms with Crippen LogP contribution in [0.1, 0.15) is 19.4 Å². The van der Waals surface area contributed by atoms with E-state index in [0.29, 0.717) is 5.88 Å². The minimum Gasteiger partial charge on any atom is -0.482 e. The normalized spacial score (nSPS) is 16.2. The molecular formula is C15H15NO2. The van der Waals surface area contributed by atoms with Crippen LogP contribution < -0.4 is 9.47 Å². The predicted molar refractivity (Wildman–Crippen MR) is 72.0 cm³/mol. The van der Waals surface area contributed by atoms with E-state index in [4.69, 9.17) is 9.47 Å². The maximum atomic E-state index is 6.07. The molecule has 3 heteroatoms. The van der Waals surface area contributed by atoms with Gasteiger partial charge in [-0.05, 0) is 38.1 Å². The van der Waals surface area contributed by atoms with E-state index in [0.717, 1.165) is 22.2 Å². The number of nitrogens with zero attached hydrogens (tertiary/aromatic N) is 1. The molecule has 0 unspecified atom stereocenters. The maximum absolute atomic E-state index is 6.07. The van der Waals surface area contributed by atoms with E-state index in [1.165, 1.54) is 0 Å². The van der Waals surface area contributed by atoms with Crippen LogP contribution in [0.3, 0.4) is 0 Å². The standard InChI is InChI=1S/C15H15NO2/c1-15(2)9-8-11-13(18-15)10-6-4-5-7-12(10)16-14(11)17-3/h4-9H,1-3H3. The summed E-state index contributed by atoms with van der Waals surface area (Å²) in [7, 11) is 1.63. The molecule has 1 aromatic heterocycles. The van der Waals surface area contributed by atoms with Gasteiger partial charge in [-0.2, -0.15) is 0 Å². The summed E-state index contributed by atoms with van der Waals surface area (Å²) in [5.41, 5.74) is 1.50. The molecule has 0 radical (unpaired) electrons. The number of para-hydroxylation sites is 1. The van der Waals surface area contributed by atoms with Crippen molar-refractivity contribution in [2.75, 3.05) is 7.11 Å². The Labute approximate surface area is 106 Å². The summed E-state index contributed by atoms with van der Waals surface area (Å²) in [6, 6.07) is 7.94. The van der Waals surface area contributed by atoms with Crippen molar-refractivity contribution < 1.29 is 9.47 Å². The maximum Gasteiger partial charge on any atom is 0.224 e. The molecule has 3 rings (SSSR count). The molecule has 0 saturated heterocycles. The number of benzene rings is 1. The van der Waals surface area contributed by atoms with Gasteiger partial charge < -0.3 is 9.47 Å². The highest BCUT2D eigenvalue weighted by atomic mass is 16.5. The number of hydrogen-bond acceptors (Lipinski definition) is 3. The highest BCUT2D eigenvalue weighted by molar-refractivity contribution is 5.91. The van der Waals surface area contributed by atoms with Crippen LogP contribution in [-0.4, -0.2) is 17.7 Å². The van der Waals surface area contributed by atoms with Gasteiger partial charge in [0.15, 0.2) is 0 Å². The quantitative estimate of drug-likeness (QED) is 0.766. The second kappa shape index (κ2) is 3.73. The third-order valence-corrected chi connectivity index (χ3v) is 3.06. The van der Waals surface area contributed by atoms with Gasteiger partial charge in [0.1, 0.15) is 11.4 Å². The zero-order valence-corrected chi connectivity index (χ0v) is 10.7. The van der Waals surface area contributed by atoms with Crippen LogP contribution in [0.25, 0.3) is 17.0 Å². The van der Waals surface area contributed by atoms with Gasteiger partial charge in [-0.25, -0.2) is 4.98 Å². The fraction of sp³-hybridized carbons (Fsp3) is 0.267. The van der Waals surface area contributed by atoms with E-state index in [1.807, 2.05) is 50.3 Å². The van der Waals surface area contributed by atoms with Crippen molar-refractivity contribution in [1.29, 1.82) is 0 Å². The van der Waals surface area contributed by atoms with Crippen LogP contribution in [0.15, 0.2) is 30.3 Å². The van der Waals surface area contributed by atoms with E-state index in [1.54, 1.807) is 7.11 Å². The fourth-order valence-corrected chi connectivity index (χ4v) is 2.17. The average molecular weight is 241 g/mol. The summed E-state index contributed by atoms with van der Waals surface area (Å²) in [5, 5.41) is 1.02. The minimum atomic E-state index is -0.303. The molecule has 2 aromatic rings. The number of methoxy groups -OCH3 is 1. The lowest BCUT2D eigenvalue weighted by molar-refractivity contribution is 0.160. The van der Waals surface area contributed by atoms with Crippen LogP contribution >= 0.6 is 0 Å². The minimum absolute atomic E-state index is 0.303. The predicted octanol–water partition coefficient (Wildman–Crippen LogP) is 3.43. The largest absolute Gasteiger partial charge is 0.482 e. The van der Waals surface area contributed by atoms with E-state index in [2.05, 4.69) is 4.98 Å². The average Bonchev–Trinajstić information content (AvgIpc) is 2.36. The molecule has 1 aliphatic heterocycles. The molecule has 3 nitrogen and oxygen atoms in total. The lowest BCUT2D eigenvalue weighted by Gasteiger charge is -2.29. The van der Waals surface area contributed by atoms with Crippen LogP contribution in [0.4, 0.5) is 0 Å². The first kappa shape index (κ1) is 11.1. The molecule has 0 atom stereocenters. The molecule has 0 amide bonds. The first-order valence-electron chi connectivity index (χ1n) is 5.96. The number of pyridine rings is 1. The molecule has 0 bridgehead atoms. The van der Waals surface area contributed by atoms with E-state index < -0.39 is 0 Å². The molecule has 18 heavy (non-hydrogen) atoms. The van der Waals surface area contributed by atoms with Gasteiger partial charge in [0, 0.05) is 5.39 Å². The zero-order valence-electron chi connectivity index (χ0n) is 10.7. The van der Waals surface area contributed by atoms with Crippen molar-refractivity contribution in [2.45, 2.75) is 19.4 Å². The highest BCUT2D eigenvalue weighted by Gasteiger charge is 2.26. The number of fused-ring (bicyclic) bond motifs is 3. The summed E-state index contributed by atoms with van der Waals surface area (Å²) in [5.74, 6) is 1.46. The lowest BCUT2D eigenvalue weighted by atomic mass is 10.0. The fourth-order valence-electron chi connectivity index (χ4n) is 2.17. The Hall–Kier alpha value is -2.03. The van der Waals surface area contributed by atoms with Gasteiger partial charge in [0.05, 0.1) is 18.2 Å². The first-order valence-corrected chi connectivity index (χ1v) is 5.96. The topological polar surface area (TPSA) is 31.4 Å². The Balaban J connectivity index is 2.36. The second-order valence-corrected chi connectivity index (χ2v) is 4.92. The number of ether oxygens (including phenoxy) is 2. The van der Waals surface area contributed by atoms with Crippen LogP contribution in [-0.2, 0) is 0 Å². The molecule has 1 aromatic carbocycles. The van der Waals surface area contributed by atoms with E-state index in [-0.39, 0.29) is 5.60 Å². The summed E-state index contributed by atoms with van der Waals surface area (Å²) in [4.78, 5) is 4.50. The second-order valence-electron chi connectivity index (χ2n) is 4.92. The third-order valence-electron chi connectivity index (χ3n) is 3.06. The molecule has 0 fully saturated rings.